The summed E-state index contributed by atoms with van der Waals surface area (Å²) in [6.45, 7) is -0.0315. The fourth-order valence-electron chi connectivity index (χ4n) is 0.849. The molecule has 0 aromatic heterocycles. The number of amides is 2. The number of para-hydroxylation sites is 1. The van der Waals surface area contributed by atoms with Crippen LogP contribution in [0, 0.1) is 11.3 Å². The molecule has 0 aliphatic heterocycles. The first-order valence-electron chi connectivity index (χ1n) is 3.90. The van der Waals surface area contributed by atoms with Crippen LogP contribution < -0.4 is 10.6 Å². The zero-order valence-corrected chi connectivity index (χ0v) is 8.01. The van der Waals surface area contributed by atoms with Gasteiger partial charge in [0.05, 0.1) is 16.8 Å². The molecule has 4 nitrogen and oxygen atoms in total. The predicted molar refractivity (Wildman–Crippen MR) is 54.1 cm³/mol. The lowest BCUT2D eigenvalue weighted by Crippen LogP contribution is -2.28. The van der Waals surface area contributed by atoms with Crippen molar-refractivity contribution in [3.63, 3.8) is 0 Å². The minimum absolute atomic E-state index is 0.0315. The monoisotopic (exact) mass is 209 g/mol. The van der Waals surface area contributed by atoms with Gasteiger partial charge in [-0.1, -0.05) is 23.7 Å². The molecule has 14 heavy (non-hydrogen) atoms. The molecule has 2 N–H and O–H groups in total. The van der Waals surface area contributed by atoms with Crippen LogP contribution in [0.1, 0.15) is 0 Å². The van der Waals surface area contributed by atoms with Crippen molar-refractivity contribution in [3.05, 3.63) is 29.3 Å². The largest absolute Gasteiger partial charge is 0.325 e. The van der Waals surface area contributed by atoms with Gasteiger partial charge in [-0.15, -0.1) is 0 Å². The van der Waals surface area contributed by atoms with E-state index in [0.717, 1.165) is 0 Å². The number of carbonyl (C=O) groups is 1. The Bertz CT molecular complexity index is 373. The molecule has 0 saturated heterocycles. The predicted octanol–water partition coefficient (Wildman–Crippen LogP) is 1.99. The fourth-order valence-corrected chi connectivity index (χ4v) is 1.03. The van der Waals surface area contributed by atoms with E-state index in [1.807, 2.05) is 0 Å². The van der Waals surface area contributed by atoms with Gasteiger partial charge in [-0.3, -0.25) is 0 Å². The van der Waals surface area contributed by atoms with Gasteiger partial charge in [0.15, 0.2) is 0 Å². The van der Waals surface area contributed by atoms with Gasteiger partial charge < -0.3 is 10.6 Å². The Balaban J connectivity index is 2.57. The molecule has 0 heterocycles. The summed E-state index contributed by atoms with van der Waals surface area (Å²) >= 11 is 5.79. The van der Waals surface area contributed by atoms with Crippen molar-refractivity contribution >= 4 is 23.3 Å². The minimum atomic E-state index is -0.445. The van der Waals surface area contributed by atoms with E-state index in [0.29, 0.717) is 10.7 Å². The highest BCUT2D eigenvalue weighted by Gasteiger charge is 2.02. The van der Waals surface area contributed by atoms with E-state index in [1.165, 1.54) is 0 Å². The Morgan fingerprint density at radius 2 is 2.21 bits per heavy atom. The maximum Gasteiger partial charge on any atom is 0.320 e. The van der Waals surface area contributed by atoms with Crippen molar-refractivity contribution in [1.29, 1.82) is 5.26 Å². The summed E-state index contributed by atoms with van der Waals surface area (Å²) < 4.78 is 0. The van der Waals surface area contributed by atoms with Crippen molar-refractivity contribution in [2.24, 2.45) is 0 Å². The molecule has 1 aromatic carbocycles. The van der Waals surface area contributed by atoms with E-state index in [4.69, 9.17) is 16.9 Å². The summed E-state index contributed by atoms with van der Waals surface area (Å²) in [6, 6.07) is 8.21. The Morgan fingerprint density at radius 3 is 2.86 bits per heavy atom. The van der Waals surface area contributed by atoms with Crippen molar-refractivity contribution in [2.45, 2.75) is 0 Å². The van der Waals surface area contributed by atoms with Crippen LogP contribution in [0.2, 0.25) is 5.02 Å². The van der Waals surface area contributed by atoms with Crippen molar-refractivity contribution in [2.75, 3.05) is 11.9 Å². The summed E-state index contributed by atoms with van der Waals surface area (Å²) in [5.74, 6) is 0. The number of carbonyl (C=O) groups excluding carboxylic acids is 1. The molecule has 72 valence electrons. The molecule has 0 saturated carbocycles. The topological polar surface area (TPSA) is 64.9 Å². The smallest absolute Gasteiger partial charge is 0.320 e. The molecule has 0 unspecified atom stereocenters. The number of urea groups is 1. The van der Waals surface area contributed by atoms with E-state index < -0.39 is 6.03 Å². The van der Waals surface area contributed by atoms with Gasteiger partial charge in [0.1, 0.15) is 6.54 Å². The third-order valence-corrected chi connectivity index (χ3v) is 1.78. The first-order chi connectivity index (χ1) is 6.74. The van der Waals surface area contributed by atoms with Crippen LogP contribution in [0.3, 0.4) is 0 Å². The fraction of sp³-hybridized carbons (Fsp3) is 0.111. The highest BCUT2D eigenvalue weighted by molar-refractivity contribution is 6.33. The first-order valence-corrected chi connectivity index (χ1v) is 4.28. The van der Waals surface area contributed by atoms with E-state index >= 15 is 0 Å². The molecule has 0 aliphatic carbocycles. The first kappa shape index (κ1) is 10.4. The number of halogens is 1. The average molecular weight is 210 g/mol. The lowest BCUT2D eigenvalue weighted by Gasteiger charge is -2.05. The van der Waals surface area contributed by atoms with Crippen LogP contribution in [0.25, 0.3) is 0 Å². The normalized spacial score (nSPS) is 8.86. The molecular formula is C9H8ClN3O. The lowest BCUT2D eigenvalue weighted by molar-refractivity contribution is 0.253. The van der Waals surface area contributed by atoms with Crippen molar-refractivity contribution in [1.82, 2.24) is 5.32 Å². The highest BCUT2D eigenvalue weighted by Crippen LogP contribution is 2.19. The van der Waals surface area contributed by atoms with E-state index in [-0.39, 0.29) is 6.54 Å². The number of nitrogens with zero attached hydrogens (tertiary/aromatic N) is 1. The highest BCUT2D eigenvalue weighted by atomic mass is 35.5. The Kier molecular flexibility index (Phi) is 3.77. The summed E-state index contributed by atoms with van der Waals surface area (Å²) in [5, 5.41) is 13.5. The Morgan fingerprint density at radius 1 is 1.50 bits per heavy atom. The van der Waals surface area contributed by atoms with Crippen LogP contribution in [0.15, 0.2) is 24.3 Å². The van der Waals surface area contributed by atoms with Gasteiger partial charge in [-0.2, -0.15) is 5.26 Å². The second-order valence-electron chi connectivity index (χ2n) is 2.45. The maximum absolute atomic E-state index is 11.1. The van der Waals surface area contributed by atoms with Crippen molar-refractivity contribution < 1.29 is 4.79 Å². The molecule has 2 amide bonds. The summed E-state index contributed by atoms with van der Waals surface area (Å²) in [7, 11) is 0. The van der Waals surface area contributed by atoms with Gasteiger partial charge in [0.25, 0.3) is 0 Å². The standard InChI is InChI=1S/C9H8ClN3O/c10-7-3-1-2-4-8(7)13-9(14)12-6-5-11/h1-4H,6H2,(H2,12,13,14). The molecule has 0 aliphatic rings. The zero-order chi connectivity index (χ0) is 10.4. The third-order valence-electron chi connectivity index (χ3n) is 1.45. The number of anilines is 1. The van der Waals surface area contributed by atoms with Crippen LogP contribution in [-0.4, -0.2) is 12.6 Å². The zero-order valence-electron chi connectivity index (χ0n) is 7.25. The van der Waals surface area contributed by atoms with Crippen LogP contribution in [-0.2, 0) is 0 Å². The third kappa shape index (κ3) is 2.96. The summed E-state index contributed by atoms with van der Waals surface area (Å²) in [6.07, 6.45) is 0. The molecule has 0 bridgehead atoms. The Hall–Kier alpha value is -1.73. The van der Waals surface area contributed by atoms with Crippen molar-refractivity contribution in [3.8, 4) is 6.07 Å². The second-order valence-corrected chi connectivity index (χ2v) is 2.85. The number of hydrogen-bond acceptors (Lipinski definition) is 2. The number of nitriles is 1. The number of hydrogen-bond donors (Lipinski definition) is 2. The number of rotatable bonds is 2. The molecule has 1 aromatic rings. The number of nitrogens with one attached hydrogen (secondary N) is 2. The van der Waals surface area contributed by atoms with Gasteiger partial charge >= 0.3 is 6.03 Å². The molecular weight excluding hydrogens is 202 g/mol. The maximum atomic E-state index is 11.1. The SMILES string of the molecule is N#CCNC(=O)Nc1ccccc1Cl. The minimum Gasteiger partial charge on any atom is -0.325 e. The second kappa shape index (κ2) is 5.10. The summed E-state index contributed by atoms with van der Waals surface area (Å²) in [4.78, 5) is 11.1. The quantitative estimate of drug-likeness (QED) is 0.732. The van der Waals surface area contributed by atoms with Gasteiger partial charge in [-0.25, -0.2) is 4.79 Å². The van der Waals surface area contributed by atoms with E-state index in [9.17, 15) is 4.79 Å². The Labute approximate surface area is 86.5 Å². The van der Waals surface area contributed by atoms with Crippen LogP contribution >= 0.6 is 11.6 Å². The molecule has 1 rings (SSSR count). The molecule has 0 spiro atoms. The molecule has 5 heteroatoms. The molecule has 0 atom stereocenters. The van der Waals surface area contributed by atoms with E-state index in [1.54, 1.807) is 30.3 Å². The molecule has 0 fully saturated rings. The molecule has 0 radical (unpaired) electrons. The lowest BCUT2D eigenvalue weighted by atomic mass is 10.3. The van der Waals surface area contributed by atoms with E-state index in [2.05, 4.69) is 10.6 Å². The van der Waals surface area contributed by atoms with Gasteiger partial charge in [0.2, 0.25) is 0 Å². The van der Waals surface area contributed by atoms with Crippen LogP contribution in [0.4, 0.5) is 10.5 Å². The van der Waals surface area contributed by atoms with Gasteiger partial charge in [0, 0.05) is 0 Å². The average Bonchev–Trinajstić information content (AvgIpc) is 2.18. The van der Waals surface area contributed by atoms with Gasteiger partial charge in [-0.05, 0) is 12.1 Å². The van der Waals surface area contributed by atoms with Crippen LogP contribution in [0.5, 0.6) is 0 Å². The summed E-state index contributed by atoms with van der Waals surface area (Å²) in [5.41, 5.74) is 0.518. The number of benzene rings is 1.